The highest BCUT2D eigenvalue weighted by Gasteiger charge is 2.08. The van der Waals surface area contributed by atoms with Gasteiger partial charge in [-0.15, -0.1) is 0 Å². The first-order valence-corrected chi connectivity index (χ1v) is 8.21. The van der Waals surface area contributed by atoms with Crippen LogP contribution in [0.2, 0.25) is 0 Å². The summed E-state index contributed by atoms with van der Waals surface area (Å²) in [5, 5.41) is 5.77. The standard InChI is InChI=1S/C19H18N4O4/c1-27-19(26)22-14-8-6-13(7-9-14)10-20-17(24)11-23-12-21-16-5-3-2-4-15(16)18(23)25/h2-9,12H,10-11H2,1H3,(H,20,24)(H,22,26). The van der Waals surface area contributed by atoms with Crippen LogP contribution in [0.3, 0.4) is 0 Å². The van der Waals surface area contributed by atoms with Gasteiger partial charge in [0.25, 0.3) is 5.56 Å². The number of hydrogen-bond acceptors (Lipinski definition) is 5. The van der Waals surface area contributed by atoms with E-state index < -0.39 is 6.09 Å². The normalized spacial score (nSPS) is 10.4. The minimum absolute atomic E-state index is 0.112. The van der Waals surface area contributed by atoms with E-state index in [-0.39, 0.29) is 18.0 Å². The van der Waals surface area contributed by atoms with Crippen LogP contribution in [0.5, 0.6) is 0 Å². The Labute approximate surface area is 154 Å². The molecule has 0 spiro atoms. The molecule has 1 aromatic heterocycles. The SMILES string of the molecule is COC(=O)Nc1ccc(CNC(=O)Cn2cnc3ccccc3c2=O)cc1. The lowest BCUT2D eigenvalue weighted by atomic mass is 10.2. The zero-order valence-electron chi connectivity index (χ0n) is 14.6. The zero-order chi connectivity index (χ0) is 19.2. The zero-order valence-corrected chi connectivity index (χ0v) is 14.6. The summed E-state index contributed by atoms with van der Waals surface area (Å²) in [4.78, 5) is 39.9. The third-order valence-corrected chi connectivity index (χ3v) is 3.92. The number of anilines is 1. The third-order valence-electron chi connectivity index (χ3n) is 3.92. The Balaban J connectivity index is 1.59. The first-order valence-electron chi connectivity index (χ1n) is 8.21. The third kappa shape index (κ3) is 4.49. The van der Waals surface area contributed by atoms with Gasteiger partial charge in [-0.2, -0.15) is 0 Å². The molecule has 0 atom stereocenters. The van der Waals surface area contributed by atoms with Crippen molar-refractivity contribution >= 4 is 28.6 Å². The molecule has 3 rings (SSSR count). The number of benzene rings is 2. The molecular weight excluding hydrogens is 348 g/mol. The Bertz CT molecular complexity index is 1030. The molecule has 0 saturated carbocycles. The number of nitrogens with zero attached hydrogens (tertiary/aromatic N) is 2. The van der Waals surface area contributed by atoms with E-state index in [2.05, 4.69) is 20.4 Å². The lowest BCUT2D eigenvalue weighted by Crippen LogP contribution is -2.32. The molecule has 2 amide bonds. The molecule has 0 aliphatic rings. The van der Waals surface area contributed by atoms with Crippen LogP contribution in [0.1, 0.15) is 5.56 Å². The second kappa shape index (κ2) is 8.13. The molecule has 0 unspecified atom stereocenters. The van der Waals surface area contributed by atoms with Crippen molar-refractivity contribution in [3.05, 3.63) is 70.8 Å². The van der Waals surface area contributed by atoms with E-state index in [1.807, 2.05) is 0 Å². The molecule has 8 nitrogen and oxygen atoms in total. The number of ether oxygens (including phenoxy) is 1. The van der Waals surface area contributed by atoms with E-state index in [4.69, 9.17) is 0 Å². The summed E-state index contributed by atoms with van der Waals surface area (Å²) < 4.78 is 5.80. The molecule has 8 heteroatoms. The van der Waals surface area contributed by atoms with Crippen molar-refractivity contribution in [2.24, 2.45) is 0 Å². The van der Waals surface area contributed by atoms with Gasteiger partial charge in [0, 0.05) is 12.2 Å². The number of hydrogen-bond donors (Lipinski definition) is 2. The first kappa shape index (κ1) is 18.1. The average Bonchev–Trinajstić information content (AvgIpc) is 2.69. The number of aromatic nitrogens is 2. The van der Waals surface area contributed by atoms with Crippen LogP contribution in [0, 0.1) is 0 Å². The molecule has 138 valence electrons. The monoisotopic (exact) mass is 366 g/mol. The molecule has 0 bridgehead atoms. The largest absolute Gasteiger partial charge is 0.453 e. The molecule has 0 aliphatic heterocycles. The van der Waals surface area contributed by atoms with Crippen LogP contribution in [0.4, 0.5) is 10.5 Å². The Morgan fingerprint density at radius 2 is 1.85 bits per heavy atom. The average molecular weight is 366 g/mol. The predicted octanol–water partition coefficient (Wildman–Crippen LogP) is 1.89. The summed E-state index contributed by atoms with van der Waals surface area (Å²) >= 11 is 0. The van der Waals surface area contributed by atoms with Gasteiger partial charge in [0.1, 0.15) is 6.54 Å². The van der Waals surface area contributed by atoms with Crippen molar-refractivity contribution in [3.63, 3.8) is 0 Å². The van der Waals surface area contributed by atoms with Crippen LogP contribution >= 0.6 is 0 Å². The summed E-state index contributed by atoms with van der Waals surface area (Å²) in [6.45, 7) is 0.186. The number of methoxy groups -OCH3 is 1. The summed E-state index contributed by atoms with van der Waals surface area (Å²) in [7, 11) is 1.29. The van der Waals surface area contributed by atoms with Crippen molar-refractivity contribution in [3.8, 4) is 0 Å². The predicted molar refractivity (Wildman–Crippen MR) is 100 cm³/mol. The van der Waals surface area contributed by atoms with Crippen molar-refractivity contribution in [1.82, 2.24) is 14.9 Å². The van der Waals surface area contributed by atoms with E-state index in [9.17, 15) is 14.4 Å². The van der Waals surface area contributed by atoms with Crippen molar-refractivity contribution < 1.29 is 14.3 Å². The van der Waals surface area contributed by atoms with Crippen molar-refractivity contribution in [1.29, 1.82) is 0 Å². The number of amides is 2. The number of fused-ring (bicyclic) bond motifs is 1. The Hall–Kier alpha value is -3.68. The molecule has 3 aromatic rings. The van der Waals surface area contributed by atoms with E-state index in [0.717, 1.165) is 5.56 Å². The molecule has 2 N–H and O–H groups in total. The maximum Gasteiger partial charge on any atom is 0.411 e. The topological polar surface area (TPSA) is 102 Å². The Morgan fingerprint density at radius 1 is 1.11 bits per heavy atom. The fourth-order valence-corrected chi connectivity index (χ4v) is 2.50. The molecule has 0 saturated heterocycles. The fraction of sp³-hybridized carbons (Fsp3) is 0.158. The maximum atomic E-state index is 12.4. The van der Waals surface area contributed by atoms with Crippen LogP contribution in [0.15, 0.2) is 59.7 Å². The molecule has 1 heterocycles. The number of carbonyl (C=O) groups is 2. The molecule has 2 aromatic carbocycles. The van der Waals surface area contributed by atoms with Gasteiger partial charge in [0.15, 0.2) is 0 Å². The minimum atomic E-state index is -0.550. The van der Waals surface area contributed by atoms with Crippen LogP contribution < -0.4 is 16.2 Å². The summed E-state index contributed by atoms with van der Waals surface area (Å²) in [5.74, 6) is -0.300. The molecule has 27 heavy (non-hydrogen) atoms. The first-order chi connectivity index (χ1) is 13.1. The molecule has 0 radical (unpaired) electrons. The van der Waals surface area contributed by atoms with Gasteiger partial charge in [-0.25, -0.2) is 9.78 Å². The van der Waals surface area contributed by atoms with Gasteiger partial charge in [-0.3, -0.25) is 19.5 Å². The van der Waals surface area contributed by atoms with Gasteiger partial charge in [-0.05, 0) is 29.8 Å². The van der Waals surface area contributed by atoms with Crippen LogP contribution in [-0.2, 0) is 22.6 Å². The lowest BCUT2D eigenvalue weighted by molar-refractivity contribution is -0.121. The summed E-state index contributed by atoms with van der Waals surface area (Å²) in [5.41, 5.74) is 1.78. The highest BCUT2D eigenvalue weighted by atomic mass is 16.5. The van der Waals surface area contributed by atoms with E-state index in [1.165, 1.54) is 18.0 Å². The van der Waals surface area contributed by atoms with Gasteiger partial charge in [0.05, 0.1) is 24.3 Å². The Morgan fingerprint density at radius 3 is 2.59 bits per heavy atom. The van der Waals surface area contributed by atoms with Crippen molar-refractivity contribution in [2.45, 2.75) is 13.1 Å². The minimum Gasteiger partial charge on any atom is -0.453 e. The summed E-state index contributed by atoms with van der Waals surface area (Å²) in [6.07, 6.45) is 0.822. The fourth-order valence-electron chi connectivity index (χ4n) is 2.50. The van der Waals surface area contributed by atoms with Gasteiger partial charge >= 0.3 is 6.09 Å². The van der Waals surface area contributed by atoms with Crippen LogP contribution in [0.25, 0.3) is 10.9 Å². The highest BCUT2D eigenvalue weighted by Crippen LogP contribution is 2.10. The smallest absolute Gasteiger partial charge is 0.411 e. The molecule has 0 aliphatic carbocycles. The number of rotatable bonds is 5. The highest BCUT2D eigenvalue weighted by molar-refractivity contribution is 5.84. The Kier molecular flexibility index (Phi) is 5.46. The van der Waals surface area contributed by atoms with Crippen LogP contribution in [-0.4, -0.2) is 28.7 Å². The van der Waals surface area contributed by atoms with E-state index in [0.29, 0.717) is 23.1 Å². The molecule has 0 fully saturated rings. The van der Waals surface area contributed by atoms with Crippen molar-refractivity contribution in [2.75, 3.05) is 12.4 Å². The number of para-hydroxylation sites is 1. The summed E-state index contributed by atoms with van der Waals surface area (Å²) in [6, 6.07) is 14.0. The molecular formula is C19H18N4O4. The maximum absolute atomic E-state index is 12.4. The lowest BCUT2D eigenvalue weighted by Gasteiger charge is -2.09. The second-order valence-corrected chi connectivity index (χ2v) is 5.79. The van der Waals surface area contributed by atoms with E-state index in [1.54, 1.807) is 48.5 Å². The van der Waals surface area contributed by atoms with Gasteiger partial charge in [0.2, 0.25) is 5.91 Å². The van der Waals surface area contributed by atoms with Gasteiger partial charge in [-0.1, -0.05) is 24.3 Å². The quantitative estimate of drug-likeness (QED) is 0.718. The number of nitrogens with one attached hydrogen (secondary N) is 2. The second-order valence-electron chi connectivity index (χ2n) is 5.79. The van der Waals surface area contributed by atoms with Gasteiger partial charge < -0.3 is 10.1 Å². The van der Waals surface area contributed by atoms with E-state index >= 15 is 0 Å². The number of carbonyl (C=O) groups excluding carboxylic acids is 2.